The van der Waals surface area contributed by atoms with Gasteiger partial charge in [-0.3, -0.25) is 4.79 Å². The fourth-order valence-electron chi connectivity index (χ4n) is 3.13. The number of amides is 1. The van der Waals surface area contributed by atoms with Crippen LogP contribution in [0.5, 0.6) is 5.88 Å². The molecule has 0 saturated carbocycles. The molecule has 0 aliphatic carbocycles. The summed E-state index contributed by atoms with van der Waals surface area (Å²) in [5, 5.41) is 0. The van der Waals surface area contributed by atoms with Crippen molar-refractivity contribution in [1.29, 1.82) is 0 Å². The van der Waals surface area contributed by atoms with Crippen molar-refractivity contribution in [2.45, 2.75) is 33.0 Å². The van der Waals surface area contributed by atoms with Gasteiger partial charge in [-0.25, -0.2) is 9.37 Å². The van der Waals surface area contributed by atoms with Crippen molar-refractivity contribution in [1.82, 2.24) is 4.98 Å². The third-order valence-electron chi connectivity index (χ3n) is 4.56. The van der Waals surface area contributed by atoms with Crippen LogP contribution in [-0.4, -0.2) is 30.2 Å². The second-order valence-corrected chi connectivity index (χ2v) is 6.62. The van der Waals surface area contributed by atoms with E-state index in [9.17, 15) is 18.0 Å². The lowest BCUT2D eigenvalue weighted by Gasteiger charge is -2.32. The number of nitrogens with two attached hydrogens (primary N) is 1. The van der Waals surface area contributed by atoms with Crippen LogP contribution < -0.4 is 10.5 Å². The SMILES string of the molecule is Cc1ccc(-c2cc(C(N)=O)nc3c2C[C@@H](C)[C@H](COC(F)F)O3)c(F)c1. The Hall–Kier alpha value is -2.61. The summed E-state index contributed by atoms with van der Waals surface area (Å²) in [6, 6.07) is 6.18. The van der Waals surface area contributed by atoms with E-state index in [4.69, 9.17) is 10.5 Å². The van der Waals surface area contributed by atoms with E-state index in [0.717, 1.165) is 5.56 Å². The first-order chi connectivity index (χ1) is 12.8. The number of pyridine rings is 1. The molecule has 2 atom stereocenters. The van der Waals surface area contributed by atoms with Crippen molar-refractivity contribution in [2.75, 3.05) is 6.61 Å². The topological polar surface area (TPSA) is 74.4 Å². The number of halogens is 3. The van der Waals surface area contributed by atoms with E-state index < -0.39 is 24.4 Å². The number of rotatable bonds is 5. The minimum atomic E-state index is -2.91. The van der Waals surface area contributed by atoms with Gasteiger partial charge in [0.05, 0.1) is 6.61 Å². The van der Waals surface area contributed by atoms with Gasteiger partial charge in [0.25, 0.3) is 5.91 Å². The van der Waals surface area contributed by atoms with Gasteiger partial charge in [-0.1, -0.05) is 19.1 Å². The Morgan fingerprint density at radius 1 is 1.37 bits per heavy atom. The Balaban J connectivity index is 2.07. The molecule has 144 valence electrons. The smallest absolute Gasteiger partial charge is 0.345 e. The van der Waals surface area contributed by atoms with Gasteiger partial charge in [0.1, 0.15) is 17.6 Å². The van der Waals surface area contributed by atoms with Crippen molar-refractivity contribution in [3.8, 4) is 17.0 Å². The summed E-state index contributed by atoms with van der Waals surface area (Å²) in [5.74, 6) is -1.34. The van der Waals surface area contributed by atoms with Crippen LogP contribution in [0.4, 0.5) is 13.2 Å². The predicted molar refractivity (Wildman–Crippen MR) is 92.1 cm³/mol. The van der Waals surface area contributed by atoms with Crippen LogP contribution in [0.2, 0.25) is 0 Å². The number of fused-ring (bicyclic) bond motifs is 1. The van der Waals surface area contributed by atoms with Crippen LogP contribution in [0.25, 0.3) is 11.1 Å². The quantitative estimate of drug-likeness (QED) is 0.862. The molecule has 0 spiro atoms. The third-order valence-corrected chi connectivity index (χ3v) is 4.56. The third kappa shape index (κ3) is 4.05. The summed E-state index contributed by atoms with van der Waals surface area (Å²) in [6.45, 7) is 0.348. The summed E-state index contributed by atoms with van der Waals surface area (Å²) >= 11 is 0. The van der Waals surface area contributed by atoms with Gasteiger partial charge in [-0.2, -0.15) is 8.78 Å². The highest BCUT2D eigenvalue weighted by molar-refractivity contribution is 5.93. The molecule has 8 heteroatoms. The monoisotopic (exact) mass is 380 g/mol. The van der Waals surface area contributed by atoms with Gasteiger partial charge in [-0.15, -0.1) is 0 Å². The van der Waals surface area contributed by atoms with Crippen molar-refractivity contribution in [2.24, 2.45) is 11.7 Å². The standard InChI is InChI=1S/C19H19F3N2O3/c1-9-3-4-11(14(20)5-9)12-7-15(17(23)25)24-18-13(12)6-10(2)16(27-18)8-26-19(21)22/h3-5,7,10,16,19H,6,8H2,1-2H3,(H2,23,25)/t10-,16+/m1/s1. The first kappa shape index (κ1) is 19.2. The normalized spacial score (nSPS) is 18.9. The maximum absolute atomic E-state index is 14.5. The van der Waals surface area contributed by atoms with E-state index in [-0.39, 0.29) is 24.1 Å². The second kappa shape index (κ2) is 7.56. The number of ether oxygens (including phenoxy) is 2. The Bertz CT molecular complexity index is 874. The van der Waals surface area contributed by atoms with E-state index in [1.165, 1.54) is 12.1 Å². The number of nitrogens with zero attached hydrogens (tertiary/aromatic N) is 1. The predicted octanol–water partition coefficient (Wildman–Crippen LogP) is 3.47. The van der Waals surface area contributed by atoms with Crippen molar-refractivity contribution < 1.29 is 27.4 Å². The molecule has 0 unspecified atom stereocenters. The molecule has 1 aromatic carbocycles. The number of carbonyl (C=O) groups excluding carboxylic acids is 1. The molecule has 5 nitrogen and oxygen atoms in total. The van der Waals surface area contributed by atoms with Gasteiger partial charge >= 0.3 is 6.61 Å². The Labute approximate surface area is 154 Å². The first-order valence-corrected chi connectivity index (χ1v) is 8.43. The molecule has 1 aliphatic rings. The molecule has 2 aromatic rings. The lowest BCUT2D eigenvalue weighted by Crippen LogP contribution is -2.36. The van der Waals surface area contributed by atoms with Crippen LogP contribution >= 0.6 is 0 Å². The van der Waals surface area contributed by atoms with Crippen molar-refractivity contribution >= 4 is 5.91 Å². The number of hydrogen-bond donors (Lipinski definition) is 1. The van der Waals surface area contributed by atoms with E-state index in [1.807, 2.05) is 6.92 Å². The molecule has 0 bridgehead atoms. The molecule has 1 aliphatic heterocycles. The molecule has 0 fully saturated rings. The summed E-state index contributed by atoms with van der Waals surface area (Å²) in [6.07, 6.45) is -0.265. The highest BCUT2D eigenvalue weighted by Crippen LogP contribution is 2.38. The largest absolute Gasteiger partial charge is 0.471 e. The summed E-state index contributed by atoms with van der Waals surface area (Å²) in [5.41, 5.74) is 7.35. The molecule has 2 N–H and O–H groups in total. The van der Waals surface area contributed by atoms with Gasteiger partial charge in [0.2, 0.25) is 5.88 Å². The highest BCUT2D eigenvalue weighted by Gasteiger charge is 2.32. The van der Waals surface area contributed by atoms with E-state index in [1.54, 1.807) is 19.1 Å². The molecule has 1 amide bonds. The Morgan fingerprint density at radius 2 is 2.11 bits per heavy atom. The molecular formula is C19H19F3N2O3. The Morgan fingerprint density at radius 3 is 2.74 bits per heavy atom. The van der Waals surface area contributed by atoms with E-state index >= 15 is 0 Å². The van der Waals surface area contributed by atoms with Gasteiger partial charge in [0.15, 0.2) is 0 Å². The molecule has 1 aromatic heterocycles. The number of aromatic nitrogens is 1. The van der Waals surface area contributed by atoms with Crippen LogP contribution in [-0.2, 0) is 11.2 Å². The Kier molecular flexibility index (Phi) is 5.36. The number of primary amides is 1. The number of aryl methyl sites for hydroxylation is 1. The maximum atomic E-state index is 14.5. The minimum Gasteiger partial charge on any atom is -0.471 e. The molecule has 0 radical (unpaired) electrons. The average Bonchev–Trinajstić information content (AvgIpc) is 2.59. The van der Waals surface area contributed by atoms with Gasteiger partial charge in [0, 0.05) is 11.1 Å². The molecular weight excluding hydrogens is 361 g/mol. The summed E-state index contributed by atoms with van der Waals surface area (Å²) in [4.78, 5) is 15.8. The summed E-state index contributed by atoms with van der Waals surface area (Å²) < 4.78 is 49.3. The number of alkyl halides is 2. The number of hydrogen-bond acceptors (Lipinski definition) is 4. The highest BCUT2D eigenvalue weighted by atomic mass is 19.3. The number of carbonyl (C=O) groups is 1. The lowest BCUT2D eigenvalue weighted by molar-refractivity contribution is -0.150. The zero-order valence-electron chi connectivity index (χ0n) is 14.8. The maximum Gasteiger partial charge on any atom is 0.345 e. The van der Waals surface area contributed by atoms with Gasteiger partial charge < -0.3 is 15.2 Å². The van der Waals surface area contributed by atoms with Crippen LogP contribution in [0, 0.1) is 18.7 Å². The van der Waals surface area contributed by atoms with E-state index in [2.05, 4.69) is 9.72 Å². The minimum absolute atomic E-state index is 0.0854. The van der Waals surface area contributed by atoms with Crippen LogP contribution in [0.3, 0.4) is 0 Å². The van der Waals surface area contributed by atoms with Crippen LogP contribution in [0.15, 0.2) is 24.3 Å². The van der Waals surface area contributed by atoms with E-state index in [0.29, 0.717) is 23.1 Å². The lowest BCUT2D eigenvalue weighted by atomic mass is 9.88. The molecule has 2 heterocycles. The van der Waals surface area contributed by atoms with Crippen molar-refractivity contribution in [3.63, 3.8) is 0 Å². The van der Waals surface area contributed by atoms with Gasteiger partial charge in [-0.05, 0) is 42.5 Å². The fourth-order valence-corrected chi connectivity index (χ4v) is 3.13. The average molecular weight is 380 g/mol. The molecule has 27 heavy (non-hydrogen) atoms. The summed E-state index contributed by atoms with van der Waals surface area (Å²) in [7, 11) is 0. The fraction of sp³-hybridized carbons (Fsp3) is 0.368. The zero-order valence-corrected chi connectivity index (χ0v) is 14.8. The second-order valence-electron chi connectivity index (χ2n) is 6.62. The van der Waals surface area contributed by atoms with Crippen LogP contribution in [0.1, 0.15) is 28.5 Å². The zero-order chi connectivity index (χ0) is 19.7. The number of benzene rings is 1. The molecule has 0 saturated heterocycles. The first-order valence-electron chi connectivity index (χ1n) is 8.43. The van der Waals surface area contributed by atoms with Crippen molar-refractivity contribution in [3.05, 3.63) is 46.9 Å². The molecule has 3 rings (SSSR count).